The van der Waals surface area contributed by atoms with Gasteiger partial charge < -0.3 is 19.6 Å². The van der Waals surface area contributed by atoms with Crippen LogP contribution >= 0.6 is 0 Å². The van der Waals surface area contributed by atoms with Gasteiger partial charge in [0.1, 0.15) is 17.9 Å². The normalized spacial score (nSPS) is 12.2. The zero-order chi connectivity index (χ0) is 19.7. The maximum Gasteiger partial charge on any atom is 0.284 e. The second-order valence-electron chi connectivity index (χ2n) is 6.33. The predicted molar refractivity (Wildman–Crippen MR) is 103 cm³/mol. The van der Waals surface area contributed by atoms with Crippen LogP contribution in [-0.4, -0.2) is 32.2 Å². The quantitative estimate of drug-likeness (QED) is 0.575. The average molecular weight is 377 g/mol. The van der Waals surface area contributed by atoms with Crippen molar-refractivity contribution in [2.75, 3.05) is 6.61 Å². The number of benzene rings is 1. The number of aryl methyl sites for hydroxylation is 2. The number of rotatable bonds is 2. The van der Waals surface area contributed by atoms with E-state index in [1.54, 1.807) is 12.4 Å². The van der Waals surface area contributed by atoms with E-state index in [1.807, 2.05) is 48.7 Å². The van der Waals surface area contributed by atoms with Gasteiger partial charge in [0.2, 0.25) is 0 Å². The molecule has 0 saturated heterocycles. The monoisotopic (exact) mass is 377 g/mol. The van der Waals surface area contributed by atoms with Crippen LogP contribution in [0.2, 0.25) is 0 Å². The molecule has 0 fully saturated rings. The van der Waals surface area contributed by atoms with Gasteiger partial charge in [0.05, 0.1) is 23.3 Å². The Morgan fingerprint density at radius 2 is 1.96 bits per heavy atom. The van der Waals surface area contributed by atoms with E-state index in [4.69, 9.17) is 15.0 Å². The van der Waals surface area contributed by atoms with E-state index in [0.29, 0.717) is 24.4 Å². The molecule has 2 N–H and O–H groups in total. The van der Waals surface area contributed by atoms with Crippen molar-refractivity contribution in [1.82, 2.24) is 19.7 Å². The highest BCUT2D eigenvalue weighted by Gasteiger charge is 2.26. The summed E-state index contributed by atoms with van der Waals surface area (Å²) in [5.41, 5.74) is 9.50. The zero-order valence-corrected chi connectivity index (χ0v) is 15.5. The fourth-order valence-corrected chi connectivity index (χ4v) is 3.36. The minimum atomic E-state index is -0.539. The third kappa shape index (κ3) is 2.98. The van der Waals surface area contributed by atoms with Gasteiger partial charge in [0, 0.05) is 18.0 Å². The molecule has 0 spiro atoms. The summed E-state index contributed by atoms with van der Waals surface area (Å²) in [5.74, 6) is 1.14. The number of carbonyl (C=O) groups excluding carboxylic acids is 1. The van der Waals surface area contributed by atoms with Crippen LogP contribution < -0.4 is 10.5 Å². The molecule has 5 rings (SSSR count). The van der Waals surface area contributed by atoms with Gasteiger partial charge in [0.15, 0.2) is 11.6 Å². The molecule has 0 saturated carbocycles. The molecule has 1 amide bonds. The number of primary amides is 1. The SMILES string of the molecule is Cc1noc(C)c1-c1ccc2nc(C(N)=O)n3c2c1OCC3.c1ccncc1. The highest BCUT2D eigenvalue weighted by atomic mass is 16.5. The third-order valence-corrected chi connectivity index (χ3v) is 4.51. The first-order valence-corrected chi connectivity index (χ1v) is 8.82. The Hall–Kier alpha value is -3.68. The van der Waals surface area contributed by atoms with Gasteiger partial charge in [-0.2, -0.15) is 0 Å². The van der Waals surface area contributed by atoms with Gasteiger partial charge in [-0.1, -0.05) is 11.2 Å². The summed E-state index contributed by atoms with van der Waals surface area (Å²) in [7, 11) is 0. The second-order valence-corrected chi connectivity index (χ2v) is 6.33. The number of pyridine rings is 1. The van der Waals surface area contributed by atoms with Gasteiger partial charge in [-0.3, -0.25) is 9.78 Å². The number of ether oxygens (including phenoxy) is 1. The largest absolute Gasteiger partial charge is 0.489 e. The highest BCUT2D eigenvalue weighted by molar-refractivity contribution is 5.98. The van der Waals surface area contributed by atoms with Crippen molar-refractivity contribution < 1.29 is 14.1 Å². The van der Waals surface area contributed by atoms with E-state index < -0.39 is 5.91 Å². The molecular formula is C20H19N5O3. The standard InChI is InChI=1S/C15H14N4O3.C5H5N/c1-7-11(8(2)22-18-7)9-3-4-10-12-13(9)21-6-5-19(12)15(17-10)14(16)20;1-2-4-6-5-3-1/h3-4H,5-6H2,1-2H3,(H2,16,20);1-5H. The van der Waals surface area contributed by atoms with Crippen molar-refractivity contribution in [1.29, 1.82) is 0 Å². The van der Waals surface area contributed by atoms with Gasteiger partial charge in [-0.05, 0) is 38.1 Å². The fraction of sp³-hybridized carbons (Fsp3) is 0.200. The Balaban J connectivity index is 0.000000275. The average Bonchev–Trinajstić information content (AvgIpc) is 3.26. The van der Waals surface area contributed by atoms with E-state index in [2.05, 4.69) is 15.1 Å². The number of nitrogens with two attached hydrogens (primary N) is 1. The minimum Gasteiger partial charge on any atom is -0.489 e. The Labute approximate surface area is 160 Å². The van der Waals surface area contributed by atoms with Crippen molar-refractivity contribution >= 4 is 16.9 Å². The van der Waals surface area contributed by atoms with Crippen molar-refractivity contribution in [3.8, 4) is 16.9 Å². The third-order valence-electron chi connectivity index (χ3n) is 4.51. The number of carbonyl (C=O) groups is 1. The smallest absolute Gasteiger partial charge is 0.284 e. The first-order chi connectivity index (χ1) is 13.6. The number of nitrogens with zero attached hydrogens (tertiary/aromatic N) is 4. The van der Waals surface area contributed by atoms with E-state index in [-0.39, 0.29) is 5.82 Å². The zero-order valence-electron chi connectivity index (χ0n) is 15.5. The Morgan fingerprint density at radius 1 is 1.18 bits per heavy atom. The van der Waals surface area contributed by atoms with Crippen LogP contribution in [-0.2, 0) is 6.54 Å². The number of amides is 1. The lowest BCUT2D eigenvalue weighted by atomic mass is 10.0. The summed E-state index contributed by atoms with van der Waals surface area (Å²) in [6.07, 6.45) is 3.50. The highest BCUT2D eigenvalue weighted by Crippen LogP contribution is 2.41. The number of imidazole rings is 1. The van der Waals surface area contributed by atoms with Crippen molar-refractivity contribution in [2.24, 2.45) is 5.73 Å². The molecular weight excluding hydrogens is 358 g/mol. The molecule has 1 aliphatic heterocycles. The molecule has 28 heavy (non-hydrogen) atoms. The fourth-order valence-electron chi connectivity index (χ4n) is 3.36. The summed E-state index contributed by atoms with van der Waals surface area (Å²) >= 11 is 0. The molecule has 1 aliphatic rings. The summed E-state index contributed by atoms with van der Waals surface area (Å²) in [6.45, 7) is 4.75. The molecule has 3 aromatic heterocycles. The summed E-state index contributed by atoms with van der Waals surface area (Å²) in [6, 6.07) is 9.49. The Bertz CT molecular complexity index is 1100. The van der Waals surface area contributed by atoms with Crippen LogP contribution in [0, 0.1) is 13.8 Å². The molecule has 0 bridgehead atoms. The van der Waals surface area contributed by atoms with Gasteiger partial charge in [0.25, 0.3) is 5.91 Å². The molecule has 0 unspecified atom stereocenters. The number of hydrogen-bond acceptors (Lipinski definition) is 6. The van der Waals surface area contributed by atoms with E-state index in [0.717, 1.165) is 28.1 Å². The van der Waals surface area contributed by atoms with Crippen LogP contribution in [0.25, 0.3) is 22.2 Å². The summed E-state index contributed by atoms with van der Waals surface area (Å²) in [5, 5.41) is 3.99. The van der Waals surface area contributed by atoms with Crippen LogP contribution in [0.5, 0.6) is 5.75 Å². The molecule has 142 valence electrons. The van der Waals surface area contributed by atoms with E-state index in [1.165, 1.54) is 0 Å². The first kappa shape index (κ1) is 17.7. The molecule has 8 nitrogen and oxygen atoms in total. The second kappa shape index (κ2) is 7.15. The predicted octanol–water partition coefficient (Wildman–Crippen LogP) is 2.88. The van der Waals surface area contributed by atoms with Crippen molar-refractivity contribution in [3.63, 3.8) is 0 Å². The molecule has 0 aliphatic carbocycles. The van der Waals surface area contributed by atoms with E-state index in [9.17, 15) is 4.79 Å². The van der Waals surface area contributed by atoms with Crippen LogP contribution in [0.3, 0.4) is 0 Å². The van der Waals surface area contributed by atoms with Crippen molar-refractivity contribution in [3.05, 3.63) is 60.0 Å². The molecule has 0 atom stereocenters. The molecule has 0 radical (unpaired) electrons. The van der Waals surface area contributed by atoms with Gasteiger partial charge in [-0.25, -0.2) is 4.98 Å². The van der Waals surface area contributed by atoms with Gasteiger partial charge >= 0.3 is 0 Å². The topological polar surface area (TPSA) is 109 Å². The Kier molecular flexibility index (Phi) is 4.52. The number of hydrogen-bond donors (Lipinski definition) is 1. The molecule has 4 aromatic rings. The number of aromatic nitrogens is 4. The lowest BCUT2D eigenvalue weighted by Gasteiger charge is -2.20. The van der Waals surface area contributed by atoms with Gasteiger partial charge in [-0.15, -0.1) is 0 Å². The molecule has 4 heterocycles. The molecule has 1 aromatic carbocycles. The maximum absolute atomic E-state index is 11.6. The lowest BCUT2D eigenvalue weighted by Crippen LogP contribution is -2.22. The van der Waals surface area contributed by atoms with Crippen molar-refractivity contribution in [2.45, 2.75) is 20.4 Å². The van der Waals surface area contributed by atoms with Crippen LogP contribution in [0.4, 0.5) is 0 Å². The summed E-state index contributed by atoms with van der Waals surface area (Å²) in [4.78, 5) is 19.7. The first-order valence-electron chi connectivity index (χ1n) is 8.82. The minimum absolute atomic E-state index is 0.260. The Morgan fingerprint density at radius 3 is 2.54 bits per heavy atom. The molecule has 8 heteroatoms. The maximum atomic E-state index is 11.6. The van der Waals surface area contributed by atoms with Crippen LogP contribution in [0.15, 0.2) is 47.2 Å². The van der Waals surface area contributed by atoms with E-state index >= 15 is 0 Å². The lowest BCUT2D eigenvalue weighted by molar-refractivity contribution is 0.0985. The van der Waals surface area contributed by atoms with Crippen LogP contribution in [0.1, 0.15) is 22.1 Å². The summed E-state index contributed by atoms with van der Waals surface area (Å²) < 4.78 is 12.9.